The quantitative estimate of drug-likeness (QED) is 0.357. The standard InChI is InChI=1S/C28H38BrNO3Si/c1-27(2,3)32-26(31)30-20-17-23(24(30)19-29)25(18-20)33-34(28(4,5)6,21-13-9-7-10-14-21)22-15-11-8-12-16-22/h7-16,20,23-25H,17-19H2,1-6H3. The molecule has 2 aromatic rings. The second-order valence-corrected chi connectivity index (χ2v) is 16.6. The lowest BCUT2D eigenvalue weighted by Crippen LogP contribution is -2.68. The Hall–Kier alpha value is -1.63. The molecule has 1 aliphatic heterocycles. The monoisotopic (exact) mass is 543 g/mol. The third-order valence-corrected chi connectivity index (χ3v) is 13.0. The zero-order valence-corrected chi connectivity index (χ0v) is 23.8. The Kier molecular flexibility index (Phi) is 7.07. The number of benzene rings is 2. The van der Waals surface area contributed by atoms with Crippen LogP contribution in [-0.2, 0) is 9.16 Å². The summed E-state index contributed by atoms with van der Waals surface area (Å²) in [5.74, 6) is 0.290. The topological polar surface area (TPSA) is 38.8 Å². The van der Waals surface area contributed by atoms with E-state index in [4.69, 9.17) is 9.16 Å². The van der Waals surface area contributed by atoms with Crippen LogP contribution in [0.5, 0.6) is 0 Å². The number of halogens is 1. The van der Waals surface area contributed by atoms with Gasteiger partial charge in [0.15, 0.2) is 0 Å². The van der Waals surface area contributed by atoms with Gasteiger partial charge in [-0.05, 0) is 49.0 Å². The fourth-order valence-corrected chi connectivity index (χ4v) is 11.5. The van der Waals surface area contributed by atoms with Crippen molar-refractivity contribution in [3.05, 3.63) is 60.7 Å². The van der Waals surface area contributed by atoms with Crippen molar-refractivity contribution < 1.29 is 14.0 Å². The molecule has 2 aliphatic rings. The van der Waals surface area contributed by atoms with E-state index >= 15 is 0 Å². The van der Waals surface area contributed by atoms with E-state index in [1.54, 1.807) is 0 Å². The Morgan fingerprint density at radius 2 is 1.47 bits per heavy atom. The van der Waals surface area contributed by atoms with E-state index < -0.39 is 13.9 Å². The molecule has 2 bridgehead atoms. The normalized spacial score (nSPS) is 25.0. The van der Waals surface area contributed by atoms with Gasteiger partial charge in [0.25, 0.3) is 8.32 Å². The maximum Gasteiger partial charge on any atom is 0.410 e. The highest BCUT2D eigenvalue weighted by molar-refractivity contribution is 9.09. The van der Waals surface area contributed by atoms with Crippen LogP contribution in [0.15, 0.2) is 60.7 Å². The summed E-state index contributed by atoms with van der Waals surface area (Å²) in [6, 6.07) is 21.9. The number of alkyl halides is 1. The summed E-state index contributed by atoms with van der Waals surface area (Å²) in [5.41, 5.74) is -0.499. The molecule has 4 unspecified atom stereocenters. The molecule has 1 aliphatic carbocycles. The lowest BCUT2D eigenvalue weighted by molar-refractivity contribution is -0.00401. The van der Waals surface area contributed by atoms with Crippen LogP contribution in [0, 0.1) is 5.92 Å². The average molecular weight is 545 g/mol. The zero-order chi connectivity index (χ0) is 24.7. The maximum atomic E-state index is 13.1. The second kappa shape index (κ2) is 9.44. The highest BCUT2D eigenvalue weighted by Crippen LogP contribution is 2.48. The summed E-state index contributed by atoms with van der Waals surface area (Å²) >= 11 is 3.71. The molecule has 4 atom stereocenters. The van der Waals surface area contributed by atoms with Crippen LogP contribution in [-0.4, -0.2) is 48.4 Å². The SMILES string of the molecule is CC(C)(C)OC(=O)N1C2CC(O[Si](c3ccccc3)(c3ccccc3)C(C)(C)C)C(C2)C1CBr. The van der Waals surface area contributed by atoms with Crippen LogP contribution >= 0.6 is 15.9 Å². The number of rotatable bonds is 5. The van der Waals surface area contributed by atoms with Gasteiger partial charge in [-0.25, -0.2) is 4.79 Å². The Morgan fingerprint density at radius 3 is 1.91 bits per heavy atom. The molecule has 2 fully saturated rings. The molecule has 1 amide bonds. The van der Waals surface area contributed by atoms with Gasteiger partial charge >= 0.3 is 6.09 Å². The van der Waals surface area contributed by atoms with Crippen LogP contribution in [0.2, 0.25) is 5.04 Å². The van der Waals surface area contributed by atoms with Crippen molar-refractivity contribution in [3.8, 4) is 0 Å². The van der Waals surface area contributed by atoms with Crippen molar-refractivity contribution in [1.82, 2.24) is 4.90 Å². The minimum absolute atomic E-state index is 0.0632. The number of nitrogens with zero attached hydrogens (tertiary/aromatic N) is 1. The molecule has 0 spiro atoms. The number of hydrogen-bond donors (Lipinski definition) is 0. The predicted molar refractivity (Wildman–Crippen MR) is 145 cm³/mol. The van der Waals surface area contributed by atoms with Gasteiger partial charge in [0.1, 0.15) is 5.60 Å². The van der Waals surface area contributed by atoms with Crippen molar-refractivity contribution in [1.29, 1.82) is 0 Å². The van der Waals surface area contributed by atoms with Crippen molar-refractivity contribution in [3.63, 3.8) is 0 Å². The summed E-state index contributed by atoms with van der Waals surface area (Å²) in [7, 11) is -2.63. The highest BCUT2D eigenvalue weighted by atomic mass is 79.9. The predicted octanol–water partition coefficient (Wildman–Crippen LogP) is 5.72. The third kappa shape index (κ3) is 4.61. The Bertz CT molecular complexity index is 947. The number of carbonyl (C=O) groups is 1. The van der Waals surface area contributed by atoms with Crippen LogP contribution in [0.4, 0.5) is 4.79 Å². The first-order valence-corrected chi connectivity index (χ1v) is 15.4. The van der Waals surface area contributed by atoms with Gasteiger partial charge < -0.3 is 14.1 Å². The van der Waals surface area contributed by atoms with E-state index in [1.165, 1.54) is 10.4 Å². The summed E-state index contributed by atoms with van der Waals surface area (Å²) < 4.78 is 13.2. The van der Waals surface area contributed by atoms with E-state index in [-0.39, 0.29) is 29.3 Å². The molecule has 0 radical (unpaired) electrons. The average Bonchev–Trinajstić information content (AvgIpc) is 3.34. The Morgan fingerprint density at radius 1 is 0.941 bits per heavy atom. The van der Waals surface area contributed by atoms with Gasteiger partial charge in [0.05, 0.1) is 12.1 Å². The van der Waals surface area contributed by atoms with Gasteiger partial charge in [-0.2, -0.15) is 0 Å². The summed E-state index contributed by atoms with van der Waals surface area (Å²) in [4.78, 5) is 15.0. The lowest BCUT2D eigenvalue weighted by atomic mass is 9.98. The first-order valence-electron chi connectivity index (χ1n) is 12.3. The van der Waals surface area contributed by atoms with Gasteiger partial charge in [0, 0.05) is 17.3 Å². The number of likely N-dealkylation sites (tertiary alicyclic amines) is 1. The minimum atomic E-state index is -2.63. The van der Waals surface area contributed by atoms with E-state index in [9.17, 15) is 4.79 Å². The molecule has 1 saturated heterocycles. The lowest BCUT2D eigenvalue weighted by Gasteiger charge is -2.47. The van der Waals surface area contributed by atoms with Crippen molar-refractivity contribution >= 4 is 40.7 Å². The molecule has 4 nitrogen and oxygen atoms in total. The summed E-state index contributed by atoms with van der Waals surface area (Å²) in [6.07, 6.45) is 1.74. The first-order chi connectivity index (χ1) is 16.0. The van der Waals surface area contributed by atoms with Crippen LogP contribution < -0.4 is 10.4 Å². The van der Waals surface area contributed by atoms with Gasteiger partial charge in [-0.15, -0.1) is 0 Å². The number of fused-ring (bicyclic) bond motifs is 2. The van der Waals surface area contributed by atoms with Crippen molar-refractivity contribution in [2.45, 2.75) is 83.2 Å². The van der Waals surface area contributed by atoms with Crippen LogP contribution in [0.1, 0.15) is 54.4 Å². The van der Waals surface area contributed by atoms with E-state index in [0.29, 0.717) is 5.92 Å². The van der Waals surface area contributed by atoms with E-state index in [2.05, 4.69) is 97.4 Å². The highest BCUT2D eigenvalue weighted by Gasteiger charge is 2.59. The molecule has 1 heterocycles. The molecule has 0 aromatic heterocycles. The van der Waals surface area contributed by atoms with Crippen LogP contribution in [0.3, 0.4) is 0 Å². The number of piperidine rings is 1. The molecule has 4 rings (SSSR count). The smallest absolute Gasteiger partial charge is 0.410 e. The van der Waals surface area contributed by atoms with Gasteiger partial charge in [0.2, 0.25) is 0 Å². The molecule has 6 heteroatoms. The largest absolute Gasteiger partial charge is 0.444 e. The Balaban J connectivity index is 1.70. The number of hydrogen-bond acceptors (Lipinski definition) is 3. The van der Waals surface area contributed by atoms with Gasteiger partial charge in [-0.1, -0.05) is 97.4 Å². The zero-order valence-electron chi connectivity index (χ0n) is 21.3. The second-order valence-electron chi connectivity index (χ2n) is 11.7. The number of ether oxygens (including phenoxy) is 1. The molecule has 2 aromatic carbocycles. The molecule has 0 N–H and O–H groups in total. The molecule has 184 valence electrons. The maximum absolute atomic E-state index is 13.1. The minimum Gasteiger partial charge on any atom is -0.444 e. The number of amides is 1. The summed E-state index contributed by atoms with van der Waals surface area (Å²) in [5, 5.41) is 3.27. The number of carbonyl (C=O) groups excluding carboxylic acids is 1. The molecule has 34 heavy (non-hydrogen) atoms. The van der Waals surface area contributed by atoms with Crippen molar-refractivity contribution in [2.75, 3.05) is 5.33 Å². The van der Waals surface area contributed by atoms with E-state index in [1.807, 2.05) is 25.7 Å². The Labute approximate surface area is 214 Å². The first kappa shape index (κ1) is 25.5. The van der Waals surface area contributed by atoms with E-state index in [0.717, 1.165) is 18.2 Å². The summed E-state index contributed by atoms with van der Waals surface area (Å²) in [6.45, 7) is 12.7. The third-order valence-electron chi connectivity index (χ3n) is 7.28. The molecular weight excluding hydrogens is 506 g/mol. The van der Waals surface area contributed by atoms with Gasteiger partial charge in [-0.3, -0.25) is 0 Å². The molecular formula is C28H38BrNO3Si. The fourth-order valence-electron chi connectivity index (χ4n) is 5.96. The van der Waals surface area contributed by atoms with Crippen molar-refractivity contribution in [2.24, 2.45) is 5.92 Å². The molecule has 1 saturated carbocycles. The fraction of sp³-hybridized carbons (Fsp3) is 0.536. The van der Waals surface area contributed by atoms with Crippen LogP contribution in [0.25, 0.3) is 0 Å².